The second-order valence-electron chi connectivity index (χ2n) is 9.32. The fraction of sp³-hybridized carbons (Fsp3) is 0.185. The van der Waals surface area contributed by atoms with Crippen LogP contribution in [0.1, 0.15) is 32.1 Å². The first-order valence-corrected chi connectivity index (χ1v) is 11.8. The molecule has 1 amide bonds. The molecule has 1 unspecified atom stereocenters. The number of nitrogens with zero attached hydrogens (tertiary/aromatic N) is 3. The molecule has 9 heteroatoms. The van der Waals surface area contributed by atoms with Crippen LogP contribution < -0.4 is 16.0 Å². The Balaban J connectivity index is 1.30. The summed E-state index contributed by atoms with van der Waals surface area (Å²) in [7, 11) is 0. The number of carbonyl (C=O) groups excluding carboxylic acids is 1. The first-order chi connectivity index (χ1) is 17.5. The molecule has 1 aliphatic heterocycles. The van der Waals surface area contributed by atoms with Gasteiger partial charge in [0.1, 0.15) is 6.17 Å². The van der Waals surface area contributed by atoms with E-state index in [-0.39, 0.29) is 12.1 Å². The average Bonchev–Trinajstić information content (AvgIpc) is 3.62. The van der Waals surface area contributed by atoms with Crippen LogP contribution >= 0.6 is 0 Å². The molecule has 1 aromatic carbocycles. The molecule has 6 rings (SSSR count). The molecule has 0 spiro atoms. The van der Waals surface area contributed by atoms with Gasteiger partial charge in [-0.05, 0) is 35.7 Å². The van der Waals surface area contributed by atoms with E-state index >= 15 is 0 Å². The molecule has 9 nitrogen and oxygen atoms in total. The van der Waals surface area contributed by atoms with Gasteiger partial charge < -0.3 is 20.4 Å². The Morgan fingerprint density at radius 2 is 1.92 bits per heavy atom. The lowest BCUT2D eigenvalue weighted by atomic mass is 10.0. The Morgan fingerprint density at radius 1 is 1.03 bits per heavy atom. The second kappa shape index (κ2) is 8.84. The van der Waals surface area contributed by atoms with E-state index in [2.05, 4.69) is 42.2 Å². The summed E-state index contributed by atoms with van der Waals surface area (Å²) in [4.78, 5) is 20.9. The van der Waals surface area contributed by atoms with Gasteiger partial charge in [-0.2, -0.15) is 5.10 Å². The van der Waals surface area contributed by atoms with Crippen LogP contribution in [0.15, 0.2) is 72.1 Å². The Morgan fingerprint density at radius 3 is 2.75 bits per heavy atom. The first-order valence-electron chi connectivity index (χ1n) is 11.8. The molecular weight excluding hydrogens is 454 g/mol. The summed E-state index contributed by atoms with van der Waals surface area (Å²) in [5.41, 5.74) is 8.13. The fourth-order valence-electron chi connectivity index (χ4n) is 4.52. The van der Waals surface area contributed by atoms with Crippen LogP contribution in [0.3, 0.4) is 0 Å². The molecule has 0 radical (unpaired) electrons. The van der Waals surface area contributed by atoms with E-state index in [1.54, 1.807) is 31.1 Å². The van der Waals surface area contributed by atoms with E-state index in [0.29, 0.717) is 18.0 Å². The van der Waals surface area contributed by atoms with E-state index in [0.717, 1.165) is 50.2 Å². The average molecular weight is 480 g/mol. The summed E-state index contributed by atoms with van der Waals surface area (Å²) in [5, 5.41) is 18.7. The minimum absolute atomic E-state index is 0.0150. The van der Waals surface area contributed by atoms with Crippen molar-refractivity contribution in [2.45, 2.75) is 26.4 Å². The highest BCUT2D eigenvalue weighted by Crippen LogP contribution is 2.42. The molecule has 1 atom stereocenters. The van der Waals surface area contributed by atoms with Crippen molar-refractivity contribution in [2.75, 3.05) is 16.0 Å². The first kappa shape index (κ1) is 21.8. The van der Waals surface area contributed by atoms with Crippen molar-refractivity contribution in [3.63, 3.8) is 0 Å². The quantitative estimate of drug-likeness (QED) is 0.243. The lowest BCUT2D eigenvalue weighted by molar-refractivity contribution is -0.116. The Bertz CT molecular complexity index is 1560. The molecule has 0 fully saturated rings. The normalized spacial score (nSPS) is 14.5. The molecule has 5 heterocycles. The summed E-state index contributed by atoms with van der Waals surface area (Å²) in [5.74, 6) is 0.275. The summed E-state index contributed by atoms with van der Waals surface area (Å²) >= 11 is 0. The molecular formula is C27H25N7O2. The zero-order chi connectivity index (χ0) is 24.6. The number of hydrogen-bond acceptors (Lipinski definition) is 7. The Hall–Kier alpha value is -4.66. The number of benzene rings is 1. The van der Waals surface area contributed by atoms with Crippen molar-refractivity contribution < 1.29 is 9.21 Å². The van der Waals surface area contributed by atoms with Gasteiger partial charge in [-0.15, -0.1) is 0 Å². The third kappa shape index (κ3) is 4.04. The minimum atomic E-state index is -0.213. The zero-order valence-corrected chi connectivity index (χ0v) is 19.9. The summed E-state index contributed by atoms with van der Waals surface area (Å²) in [6.45, 7) is 4.04. The number of aromatic amines is 1. The Kier molecular flexibility index (Phi) is 5.37. The van der Waals surface area contributed by atoms with Crippen molar-refractivity contribution in [2.24, 2.45) is 5.92 Å². The van der Waals surface area contributed by atoms with Gasteiger partial charge in [0.25, 0.3) is 0 Å². The number of H-pyrrole nitrogens is 1. The number of fused-ring (bicyclic) bond motifs is 2. The van der Waals surface area contributed by atoms with Gasteiger partial charge in [0.15, 0.2) is 0 Å². The fourth-order valence-corrected chi connectivity index (χ4v) is 4.52. The molecule has 0 saturated heterocycles. The standard InChI is InChI=1S/C27H25N7O2/c1-15(2)7-24(35)30-19-8-18(10-28-11-19)16-3-4-22-20(9-16)26(34-33-22)27-31-23-13-29-12-21(25(23)32-27)17-5-6-36-14-17/h3-6,8-15,27,31-32H,7H2,1-2H3,(H,30,35)(H,33,34). The van der Waals surface area contributed by atoms with Crippen LogP contribution in [0.4, 0.5) is 17.1 Å². The van der Waals surface area contributed by atoms with E-state index in [4.69, 9.17) is 4.42 Å². The smallest absolute Gasteiger partial charge is 0.224 e. The molecule has 4 aromatic heterocycles. The molecule has 0 aliphatic carbocycles. The zero-order valence-electron chi connectivity index (χ0n) is 19.9. The largest absolute Gasteiger partial charge is 0.472 e. The van der Waals surface area contributed by atoms with Crippen molar-refractivity contribution in [3.05, 3.63) is 73.3 Å². The lowest BCUT2D eigenvalue weighted by Gasteiger charge is -2.12. The number of carbonyl (C=O) groups is 1. The third-order valence-corrected chi connectivity index (χ3v) is 6.19. The van der Waals surface area contributed by atoms with Crippen molar-refractivity contribution in [1.82, 2.24) is 20.2 Å². The lowest BCUT2D eigenvalue weighted by Crippen LogP contribution is -2.14. The van der Waals surface area contributed by atoms with E-state index in [1.807, 2.05) is 44.3 Å². The number of anilines is 3. The maximum absolute atomic E-state index is 12.2. The molecule has 180 valence electrons. The highest BCUT2D eigenvalue weighted by atomic mass is 16.3. The molecule has 0 saturated carbocycles. The van der Waals surface area contributed by atoms with Gasteiger partial charge in [-0.25, -0.2) is 0 Å². The molecule has 0 bridgehead atoms. The number of aromatic nitrogens is 4. The second-order valence-corrected chi connectivity index (χ2v) is 9.32. The molecule has 5 aromatic rings. The van der Waals surface area contributed by atoms with Crippen molar-refractivity contribution in [3.8, 4) is 22.3 Å². The number of rotatable bonds is 6. The highest BCUT2D eigenvalue weighted by Gasteiger charge is 2.27. The van der Waals surface area contributed by atoms with Gasteiger partial charge in [0.05, 0.1) is 53.2 Å². The molecule has 36 heavy (non-hydrogen) atoms. The highest BCUT2D eigenvalue weighted by molar-refractivity contribution is 5.93. The van der Waals surface area contributed by atoms with Crippen LogP contribution in [-0.4, -0.2) is 26.1 Å². The van der Waals surface area contributed by atoms with E-state index < -0.39 is 0 Å². The third-order valence-electron chi connectivity index (χ3n) is 6.19. The van der Waals surface area contributed by atoms with Gasteiger partial charge in [0, 0.05) is 40.9 Å². The number of nitrogens with one attached hydrogen (secondary N) is 4. The van der Waals surface area contributed by atoms with Crippen LogP contribution in [-0.2, 0) is 4.79 Å². The number of furan rings is 1. The predicted octanol–water partition coefficient (Wildman–Crippen LogP) is 5.80. The van der Waals surface area contributed by atoms with Crippen LogP contribution in [0.2, 0.25) is 0 Å². The van der Waals surface area contributed by atoms with Crippen LogP contribution in [0.5, 0.6) is 0 Å². The minimum Gasteiger partial charge on any atom is -0.472 e. The van der Waals surface area contributed by atoms with Gasteiger partial charge in [0.2, 0.25) is 5.91 Å². The molecule has 1 aliphatic rings. The number of pyridine rings is 2. The van der Waals surface area contributed by atoms with Crippen LogP contribution in [0.25, 0.3) is 33.2 Å². The summed E-state index contributed by atoms with van der Waals surface area (Å²) in [6.07, 6.45) is 10.7. The van der Waals surface area contributed by atoms with E-state index in [1.165, 1.54) is 0 Å². The Labute approximate surface area is 207 Å². The van der Waals surface area contributed by atoms with E-state index in [9.17, 15) is 4.79 Å². The number of amides is 1. The van der Waals surface area contributed by atoms with Crippen molar-refractivity contribution in [1.29, 1.82) is 0 Å². The maximum Gasteiger partial charge on any atom is 0.224 e. The maximum atomic E-state index is 12.2. The monoisotopic (exact) mass is 479 g/mol. The predicted molar refractivity (Wildman–Crippen MR) is 139 cm³/mol. The summed E-state index contributed by atoms with van der Waals surface area (Å²) in [6, 6.07) is 9.94. The van der Waals surface area contributed by atoms with Gasteiger partial charge in [-0.1, -0.05) is 19.9 Å². The van der Waals surface area contributed by atoms with Gasteiger partial charge >= 0.3 is 0 Å². The summed E-state index contributed by atoms with van der Waals surface area (Å²) < 4.78 is 5.27. The van der Waals surface area contributed by atoms with Crippen LogP contribution in [0, 0.1) is 5.92 Å². The molecule has 4 N–H and O–H groups in total. The number of hydrogen-bond donors (Lipinski definition) is 4. The SMILES string of the molecule is CC(C)CC(=O)Nc1cncc(-c2ccc3n[nH]c(C4Nc5cncc(-c6ccoc6)c5N4)c3c2)c1. The van der Waals surface area contributed by atoms with Gasteiger partial charge in [-0.3, -0.25) is 19.9 Å². The van der Waals surface area contributed by atoms with Crippen molar-refractivity contribution >= 4 is 33.9 Å². The topological polar surface area (TPSA) is 121 Å².